The minimum Gasteiger partial charge on any atom is -0.457 e. The Balaban J connectivity index is 0.000000312. The van der Waals surface area contributed by atoms with Gasteiger partial charge in [-0.2, -0.15) is 5.10 Å². The van der Waals surface area contributed by atoms with Crippen LogP contribution in [-0.4, -0.2) is 53.3 Å². The number of carbonyl (C=O) groups excluding carboxylic acids is 4. The standard InChI is InChI=1S/C22H22N2O2S.2C21H21N3O2.C21H20N2O2S.9H2/c23-21(25)20-19(24-22(27-20)16-7-3-1-4-8-16)15-11-13-18(14-12-15)26-17-9-5-2-6-10-17;22-21(25)19-14-24(16-6-4-5-7-16)23-20(19)15-10-12-18(13-11-15)26-17-8-2-1-3-9-17;22-20(25)19-18(23-21(24-19)15-6-4-5-7-15)14-10-12-17(13-11-14)26-16-8-2-1-3-9-16;22-20(24)19-18(23-21(26-19)15-6-4-5-7-15)14-10-12-17(13-11-14)25-16-8-2-1-3-9-16;;;;;;;;;/h2,5-6,9-14,16H,1,3-4,7-8H2,(H2,23,25);1-3,8-14,16H,4-7H2,(H2,22,25);1-3,8-13,15H,4-7H2,(H2,22,25)(H,23,24);1-3,8-13,15H,4-7H2,(H2,22,24);9*1H. The van der Waals surface area contributed by atoms with Crippen LogP contribution < -0.4 is 41.9 Å². The topological polar surface area (TPSA) is 282 Å². The Morgan fingerprint density at radius 2 is 0.667 bits per heavy atom. The zero-order valence-electron chi connectivity index (χ0n) is 58.3. The molecule has 0 aliphatic heterocycles. The Morgan fingerprint density at radius 3 is 1.01 bits per heavy atom. The van der Waals surface area contributed by atoms with Gasteiger partial charge < -0.3 is 46.9 Å². The Labute approximate surface area is 632 Å². The van der Waals surface area contributed by atoms with Gasteiger partial charge in [0, 0.05) is 59.0 Å². The van der Waals surface area contributed by atoms with E-state index in [-0.39, 0.29) is 12.8 Å². The lowest BCUT2D eigenvalue weighted by atomic mass is 9.90. The third-order valence-corrected chi connectivity index (χ3v) is 21.7. The van der Waals surface area contributed by atoms with E-state index in [1.165, 1.54) is 80.5 Å². The third-order valence-electron chi connectivity index (χ3n) is 19.2. The van der Waals surface area contributed by atoms with E-state index in [9.17, 15) is 19.2 Å². The number of nitrogens with two attached hydrogens (primary N) is 4. The molecule has 0 bridgehead atoms. The number of hydrogen-bond donors (Lipinski definition) is 5. The van der Waals surface area contributed by atoms with Gasteiger partial charge in [0.1, 0.15) is 78.7 Å². The van der Waals surface area contributed by atoms with Gasteiger partial charge >= 0.3 is 0 Å². The van der Waals surface area contributed by atoms with E-state index in [2.05, 4.69) is 10.1 Å². The molecule has 4 amide bonds. The lowest BCUT2D eigenvalue weighted by Crippen LogP contribution is -2.13. The maximum absolute atomic E-state index is 12.0. The number of primary amides is 4. The average molecular weight is 1460 g/mol. The number of imidazole rings is 1. The van der Waals surface area contributed by atoms with Gasteiger partial charge in [-0.25, -0.2) is 15.0 Å². The number of rotatable bonds is 20. The third kappa shape index (κ3) is 18.7. The first-order valence-corrected chi connectivity index (χ1v) is 37.7. The first-order valence-electron chi connectivity index (χ1n) is 36.1. The molecule has 105 heavy (non-hydrogen) atoms. The molecule has 0 unspecified atom stereocenters. The van der Waals surface area contributed by atoms with Crippen LogP contribution in [0.2, 0.25) is 0 Å². The maximum Gasteiger partial charge on any atom is 0.267 e. The maximum atomic E-state index is 12.0. The van der Waals surface area contributed by atoms with E-state index in [0.717, 1.165) is 135 Å². The number of nitrogens with zero attached hydrogens (tertiary/aromatic N) is 5. The monoisotopic (exact) mass is 1450 g/mol. The highest BCUT2D eigenvalue weighted by Gasteiger charge is 2.29. The Hall–Kier alpha value is -11.5. The first-order chi connectivity index (χ1) is 51.3. The molecule has 4 aliphatic carbocycles. The molecule has 0 saturated heterocycles. The number of aromatic amines is 1. The number of H-pyrrole nitrogens is 1. The minimum atomic E-state index is -0.485. The smallest absolute Gasteiger partial charge is 0.267 e. The van der Waals surface area contributed by atoms with Crippen LogP contribution in [0.3, 0.4) is 0 Å². The van der Waals surface area contributed by atoms with Crippen molar-refractivity contribution in [1.82, 2.24) is 29.7 Å². The van der Waals surface area contributed by atoms with Crippen molar-refractivity contribution in [2.24, 2.45) is 22.9 Å². The van der Waals surface area contributed by atoms with Crippen molar-refractivity contribution in [1.29, 1.82) is 0 Å². The molecule has 0 radical (unpaired) electrons. The fourth-order valence-corrected chi connectivity index (χ4v) is 16.0. The summed E-state index contributed by atoms with van der Waals surface area (Å²) in [6, 6.07) is 69.3. The summed E-state index contributed by atoms with van der Waals surface area (Å²) in [5.74, 6) is 6.51. The fourth-order valence-electron chi connectivity index (χ4n) is 13.8. The SMILES string of the molecule is NC(=O)c1[nH]c(C2CCCC2)nc1-c1ccc(Oc2ccccc2)cc1.NC(=O)c1cn(C2CCCC2)nc1-c1ccc(Oc2ccccc2)cc1.NC(=O)c1sc(C2CCCC2)nc1-c1ccc(Oc2ccccc2)cc1.NC(=O)c1sc(C2CCCCC2)nc1-c1ccc(Oc2ccccc2)cc1.[HH].[HH].[HH].[HH].[HH].[HH].[HH].[HH].[HH]. The molecule has 9 N–H and O–H groups in total. The van der Waals surface area contributed by atoms with Gasteiger partial charge in [-0.1, -0.05) is 131 Å². The molecule has 4 aromatic heterocycles. The van der Waals surface area contributed by atoms with Gasteiger partial charge in [0.05, 0.1) is 33.0 Å². The quantitative estimate of drug-likeness (QED) is 0.0476. The van der Waals surface area contributed by atoms with Crippen molar-refractivity contribution in [2.75, 3.05) is 0 Å². The molecule has 4 heterocycles. The fraction of sp³-hybridized carbons (Fsp3) is 0.247. The summed E-state index contributed by atoms with van der Waals surface area (Å²) in [6.07, 6.45) is 21.8. The second-order valence-electron chi connectivity index (χ2n) is 26.6. The predicted octanol–water partition coefficient (Wildman–Crippen LogP) is 22.5. The van der Waals surface area contributed by atoms with E-state index < -0.39 is 23.6 Å². The molecule has 4 fully saturated rings. The van der Waals surface area contributed by atoms with Crippen LogP contribution in [-0.2, 0) is 0 Å². The van der Waals surface area contributed by atoms with Crippen LogP contribution in [0.5, 0.6) is 46.0 Å². The lowest BCUT2D eigenvalue weighted by molar-refractivity contribution is 0.0989. The molecule has 4 aliphatic rings. The van der Waals surface area contributed by atoms with Crippen LogP contribution in [0, 0.1) is 0 Å². The number of nitrogens with one attached hydrogen (secondary N) is 1. The molecule has 12 aromatic rings. The molecular weight excluding hydrogens is 1350 g/mol. The van der Waals surface area contributed by atoms with Crippen molar-refractivity contribution in [3.05, 3.63) is 261 Å². The molecular formula is C85H102N10O8S2. The number of para-hydroxylation sites is 4. The first kappa shape index (κ1) is 71.9. The highest BCUT2D eigenvalue weighted by Crippen LogP contribution is 2.43. The number of thiazole rings is 2. The summed E-state index contributed by atoms with van der Waals surface area (Å²) in [7, 11) is 0. The molecule has 0 spiro atoms. The van der Waals surface area contributed by atoms with Crippen molar-refractivity contribution in [3.63, 3.8) is 0 Å². The molecule has 0 atom stereocenters. The van der Waals surface area contributed by atoms with Crippen LogP contribution >= 0.6 is 22.7 Å². The summed E-state index contributed by atoms with van der Waals surface area (Å²) >= 11 is 2.91. The Kier molecular flexibility index (Phi) is 23.7. The summed E-state index contributed by atoms with van der Waals surface area (Å²) in [6.45, 7) is 0. The summed E-state index contributed by atoms with van der Waals surface area (Å²) in [5.41, 5.74) is 29.3. The number of hydrogen-bond acceptors (Lipinski definition) is 14. The minimum absolute atomic E-state index is 0. The molecule has 20 heteroatoms. The van der Waals surface area contributed by atoms with Crippen molar-refractivity contribution < 1.29 is 51.0 Å². The van der Waals surface area contributed by atoms with E-state index >= 15 is 0 Å². The Bertz CT molecular complexity index is 4510. The second kappa shape index (κ2) is 34.7. The lowest BCUT2D eigenvalue weighted by Gasteiger charge is -2.18. The van der Waals surface area contributed by atoms with Crippen LogP contribution in [0.1, 0.15) is 202 Å². The van der Waals surface area contributed by atoms with Crippen LogP contribution in [0.15, 0.2) is 225 Å². The summed E-state index contributed by atoms with van der Waals surface area (Å²) < 4.78 is 25.2. The van der Waals surface area contributed by atoms with Gasteiger partial charge in [0.2, 0.25) is 0 Å². The predicted molar refractivity (Wildman–Crippen MR) is 432 cm³/mol. The Morgan fingerprint density at radius 1 is 0.352 bits per heavy atom. The molecule has 4 saturated carbocycles. The average Bonchev–Trinajstić information content (AvgIpc) is 1.67. The largest absolute Gasteiger partial charge is 0.457 e. The number of carbonyl (C=O) groups is 4. The van der Waals surface area contributed by atoms with E-state index in [1.807, 2.05) is 223 Å². The zero-order valence-corrected chi connectivity index (χ0v) is 60.0. The number of ether oxygens (including phenoxy) is 4. The number of aromatic nitrogens is 6. The number of benzene rings is 8. The molecule has 18 nitrogen and oxygen atoms in total. The van der Waals surface area contributed by atoms with Gasteiger partial charge in [-0.05, 0) is 197 Å². The second-order valence-corrected chi connectivity index (χ2v) is 28.7. The van der Waals surface area contributed by atoms with Gasteiger partial charge in [0.15, 0.2) is 0 Å². The zero-order chi connectivity index (χ0) is 72.4. The number of amides is 4. The van der Waals surface area contributed by atoms with Crippen molar-refractivity contribution in [3.8, 4) is 91.0 Å². The van der Waals surface area contributed by atoms with Crippen molar-refractivity contribution in [2.45, 2.75) is 133 Å². The van der Waals surface area contributed by atoms with Gasteiger partial charge in [0.25, 0.3) is 23.6 Å². The molecule has 16 rings (SSSR count). The van der Waals surface area contributed by atoms with E-state index in [4.69, 9.17) is 56.8 Å². The summed E-state index contributed by atoms with van der Waals surface area (Å²) in [4.78, 5) is 66.1. The highest BCUT2D eigenvalue weighted by molar-refractivity contribution is 7.14. The van der Waals surface area contributed by atoms with E-state index in [1.54, 1.807) is 6.20 Å². The normalized spacial score (nSPS) is 14.6. The van der Waals surface area contributed by atoms with Gasteiger partial charge in [-0.3, -0.25) is 23.9 Å². The van der Waals surface area contributed by atoms with Crippen molar-refractivity contribution >= 4 is 46.3 Å². The molecule has 552 valence electrons. The molecule has 8 aromatic carbocycles. The highest BCUT2D eigenvalue weighted by atomic mass is 32.1. The van der Waals surface area contributed by atoms with Crippen LogP contribution in [0.4, 0.5) is 0 Å². The van der Waals surface area contributed by atoms with Gasteiger partial charge in [-0.15, -0.1) is 22.7 Å². The summed E-state index contributed by atoms with van der Waals surface area (Å²) in [5, 5.41) is 6.75. The van der Waals surface area contributed by atoms with E-state index in [0.29, 0.717) is 67.6 Å². The van der Waals surface area contributed by atoms with Crippen LogP contribution in [0.25, 0.3) is 45.0 Å².